The molecule has 0 aliphatic carbocycles. The average molecular weight is 410 g/mol. The van der Waals surface area contributed by atoms with Gasteiger partial charge in [-0.15, -0.1) is 0 Å². The molecule has 2 aromatic heterocycles. The molecule has 0 atom stereocenters. The van der Waals surface area contributed by atoms with Gasteiger partial charge >= 0.3 is 0 Å². The third-order valence-corrected chi connectivity index (χ3v) is 4.99. The Kier molecular flexibility index (Phi) is 4.79. The molecule has 0 fully saturated rings. The van der Waals surface area contributed by atoms with Gasteiger partial charge in [-0.2, -0.15) is 5.10 Å². The molecule has 5 nitrogen and oxygen atoms in total. The van der Waals surface area contributed by atoms with Crippen molar-refractivity contribution in [3.05, 3.63) is 95.6 Å². The third kappa shape index (κ3) is 3.58. The third-order valence-electron chi connectivity index (χ3n) is 4.76. The molecule has 30 heavy (non-hydrogen) atoms. The number of benzene rings is 3. The molecule has 0 saturated carbocycles. The number of anilines is 1. The maximum absolute atomic E-state index is 6.19. The highest BCUT2D eigenvalue weighted by Crippen LogP contribution is 2.29. The Morgan fingerprint density at radius 2 is 1.63 bits per heavy atom. The van der Waals surface area contributed by atoms with Crippen LogP contribution >= 0.6 is 11.6 Å². The summed E-state index contributed by atoms with van der Waals surface area (Å²) in [4.78, 5) is 13.7. The minimum absolute atomic E-state index is 0.401. The van der Waals surface area contributed by atoms with E-state index in [1.54, 1.807) is 12.4 Å². The maximum Gasteiger partial charge on any atom is 0.244 e. The van der Waals surface area contributed by atoms with Crippen molar-refractivity contribution in [3.8, 4) is 11.3 Å². The van der Waals surface area contributed by atoms with Gasteiger partial charge in [0.25, 0.3) is 0 Å². The van der Waals surface area contributed by atoms with E-state index in [2.05, 4.69) is 20.5 Å². The highest BCUT2D eigenvalue weighted by atomic mass is 35.5. The number of fused-ring (bicyclic) bond motifs is 2. The highest BCUT2D eigenvalue weighted by molar-refractivity contribution is 6.31. The fourth-order valence-electron chi connectivity index (χ4n) is 3.36. The number of pyridine rings is 1. The molecular formula is C24H16ClN5. The number of hydrogen-bond donors (Lipinski definition) is 1. The van der Waals surface area contributed by atoms with Crippen molar-refractivity contribution >= 4 is 45.6 Å². The zero-order valence-electron chi connectivity index (χ0n) is 15.8. The minimum Gasteiger partial charge on any atom is -0.256 e. The summed E-state index contributed by atoms with van der Waals surface area (Å²) in [5.74, 6) is 0.401. The summed E-state index contributed by atoms with van der Waals surface area (Å²) < 4.78 is 0. The zero-order valence-corrected chi connectivity index (χ0v) is 16.6. The van der Waals surface area contributed by atoms with Crippen LogP contribution in [0.4, 0.5) is 5.95 Å². The van der Waals surface area contributed by atoms with Crippen molar-refractivity contribution < 1.29 is 0 Å². The summed E-state index contributed by atoms with van der Waals surface area (Å²) in [5, 5.41) is 6.95. The lowest BCUT2D eigenvalue weighted by Gasteiger charge is -2.09. The van der Waals surface area contributed by atoms with Crippen LogP contribution in [0.2, 0.25) is 5.02 Å². The molecule has 0 spiro atoms. The first kappa shape index (κ1) is 18.2. The standard InChI is InChI=1S/C24H16ClN5/c25-18-10-11-20-22(14-18)28-24(29-23(20)16-6-2-1-3-7-16)30-27-15-17-12-13-26-21-9-5-4-8-19(17)21/h1-15H,(H,28,29,30)/b27-15+. The van der Waals surface area contributed by atoms with Gasteiger partial charge in [0.1, 0.15) is 0 Å². The molecular weight excluding hydrogens is 394 g/mol. The molecule has 6 heteroatoms. The van der Waals surface area contributed by atoms with E-state index >= 15 is 0 Å². The molecule has 1 N–H and O–H groups in total. The Labute approximate surface area is 178 Å². The number of rotatable bonds is 4. The van der Waals surface area contributed by atoms with Crippen molar-refractivity contribution in [2.75, 3.05) is 5.43 Å². The summed E-state index contributed by atoms with van der Waals surface area (Å²) in [6, 6.07) is 25.5. The smallest absolute Gasteiger partial charge is 0.244 e. The second-order valence-corrected chi connectivity index (χ2v) is 7.15. The van der Waals surface area contributed by atoms with Crippen molar-refractivity contribution in [3.63, 3.8) is 0 Å². The molecule has 0 radical (unpaired) electrons. The van der Waals surface area contributed by atoms with E-state index in [0.29, 0.717) is 11.0 Å². The predicted molar refractivity (Wildman–Crippen MR) is 123 cm³/mol. The van der Waals surface area contributed by atoms with E-state index in [1.807, 2.05) is 78.9 Å². The summed E-state index contributed by atoms with van der Waals surface area (Å²) in [6.45, 7) is 0. The van der Waals surface area contributed by atoms with Gasteiger partial charge in [0.05, 0.1) is 22.9 Å². The summed E-state index contributed by atoms with van der Waals surface area (Å²) in [6.07, 6.45) is 3.52. The fraction of sp³-hybridized carbons (Fsp3) is 0. The van der Waals surface area contributed by atoms with Crippen LogP contribution < -0.4 is 5.43 Å². The number of hydrogen-bond acceptors (Lipinski definition) is 5. The van der Waals surface area contributed by atoms with Crippen LogP contribution in [0.5, 0.6) is 0 Å². The lowest BCUT2D eigenvalue weighted by molar-refractivity contribution is 1.16. The predicted octanol–water partition coefficient (Wildman–Crippen LogP) is 5.94. The van der Waals surface area contributed by atoms with Gasteiger partial charge in [-0.05, 0) is 30.3 Å². The number of para-hydroxylation sites is 1. The normalized spacial score (nSPS) is 11.4. The van der Waals surface area contributed by atoms with Gasteiger partial charge in [0.15, 0.2) is 0 Å². The fourth-order valence-corrected chi connectivity index (χ4v) is 3.53. The van der Waals surface area contributed by atoms with E-state index in [-0.39, 0.29) is 0 Å². The number of hydrazone groups is 1. The zero-order chi connectivity index (χ0) is 20.3. The largest absolute Gasteiger partial charge is 0.256 e. The summed E-state index contributed by atoms with van der Waals surface area (Å²) >= 11 is 6.19. The van der Waals surface area contributed by atoms with Crippen molar-refractivity contribution in [2.45, 2.75) is 0 Å². The van der Waals surface area contributed by atoms with Crippen LogP contribution in [0.1, 0.15) is 5.56 Å². The molecule has 144 valence electrons. The first-order valence-electron chi connectivity index (χ1n) is 9.43. The quantitative estimate of drug-likeness (QED) is 0.294. The Bertz CT molecular complexity index is 1380. The van der Waals surface area contributed by atoms with Gasteiger partial charge in [0.2, 0.25) is 5.95 Å². The molecule has 0 saturated heterocycles. The van der Waals surface area contributed by atoms with Crippen LogP contribution in [0, 0.1) is 0 Å². The molecule has 0 aliphatic rings. The molecule has 2 heterocycles. The van der Waals surface area contributed by atoms with Crippen LogP contribution in [0.15, 0.2) is 90.2 Å². The topological polar surface area (TPSA) is 63.1 Å². The molecule has 0 amide bonds. The number of nitrogens with one attached hydrogen (secondary N) is 1. The summed E-state index contributed by atoms with van der Waals surface area (Å²) in [5.41, 5.74) is 7.42. The van der Waals surface area contributed by atoms with Crippen molar-refractivity contribution in [2.24, 2.45) is 5.10 Å². The van der Waals surface area contributed by atoms with E-state index < -0.39 is 0 Å². The Balaban J connectivity index is 1.53. The van der Waals surface area contributed by atoms with Crippen LogP contribution in [0.25, 0.3) is 33.1 Å². The Morgan fingerprint density at radius 3 is 2.53 bits per heavy atom. The molecule has 3 aromatic carbocycles. The molecule has 0 bridgehead atoms. The van der Waals surface area contributed by atoms with Crippen LogP contribution in [-0.2, 0) is 0 Å². The Morgan fingerprint density at radius 1 is 0.800 bits per heavy atom. The lowest BCUT2D eigenvalue weighted by Crippen LogP contribution is -2.00. The molecule has 0 aliphatic heterocycles. The minimum atomic E-state index is 0.401. The van der Waals surface area contributed by atoms with Gasteiger partial charge < -0.3 is 0 Å². The number of aromatic nitrogens is 3. The van der Waals surface area contributed by atoms with Crippen molar-refractivity contribution in [1.82, 2.24) is 15.0 Å². The Hall–Kier alpha value is -3.83. The van der Waals surface area contributed by atoms with E-state index in [0.717, 1.165) is 38.6 Å². The van der Waals surface area contributed by atoms with Crippen LogP contribution in [-0.4, -0.2) is 21.2 Å². The highest BCUT2D eigenvalue weighted by Gasteiger charge is 2.10. The van der Waals surface area contributed by atoms with Gasteiger partial charge in [-0.3, -0.25) is 4.98 Å². The van der Waals surface area contributed by atoms with E-state index in [9.17, 15) is 0 Å². The first-order chi connectivity index (χ1) is 14.8. The van der Waals surface area contributed by atoms with Crippen molar-refractivity contribution in [1.29, 1.82) is 0 Å². The lowest BCUT2D eigenvalue weighted by atomic mass is 10.1. The number of halogens is 1. The maximum atomic E-state index is 6.19. The monoisotopic (exact) mass is 409 g/mol. The van der Waals surface area contributed by atoms with Gasteiger partial charge in [0, 0.05) is 33.1 Å². The molecule has 5 rings (SSSR count). The second kappa shape index (κ2) is 7.89. The molecule has 0 unspecified atom stereocenters. The average Bonchev–Trinajstić information content (AvgIpc) is 2.79. The first-order valence-corrected chi connectivity index (χ1v) is 9.81. The molecule has 5 aromatic rings. The second-order valence-electron chi connectivity index (χ2n) is 6.71. The summed E-state index contributed by atoms with van der Waals surface area (Å²) in [7, 11) is 0. The number of nitrogens with zero attached hydrogens (tertiary/aromatic N) is 4. The van der Waals surface area contributed by atoms with E-state index in [1.165, 1.54) is 0 Å². The van der Waals surface area contributed by atoms with Gasteiger partial charge in [-0.25, -0.2) is 15.4 Å². The SMILES string of the molecule is Clc1ccc2c(-c3ccccc3)nc(N/N=C/c3ccnc4ccccc34)nc2c1. The van der Waals surface area contributed by atoms with Crippen LogP contribution in [0.3, 0.4) is 0 Å². The van der Waals surface area contributed by atoms with E-state index in [4.69, 9.17) is 16.6 Å². The van der Waals surface area contributed by atoms with Gasteiger partial charge in [-0.1, -0.05) is 60.1 Å².